The summed E-state index contributed by atoms with van der Waals surface area (Å²) in [5.41, 5.74) is 5.63. The molecule has 24 heavy (non-hydrogen) atoms. The highest BCUT2D eigenvalue weighted by Gasteiger charge is 2.17. The number of allylic oxidation sites excluding steroid dienone is 1. The van der Waals surface area contributed by atoms with Crippen molar-refractivity contribution in [3.63, 3.8) is 0 Å². The van der Waals surface area contributed by atoms with Crippen LogP contribution in [0.5, 0.6) is 5.75 Å². The molecule has 0 unspecified atom stereocenters. The maximum atomic E-state index is 12.5. The number of carbonyl (C=O) groups is 1. The molecule has 0 fully saturated rings. The van der Waals surface area contributed by atoms with Crippen LogP contribution in [0.4, 0.5) is 0 Å². The van der Waals surface area contributed by atoms with Crippen LogP contribution in [-0.4, -0.2) is 22.3 Å². The van der Waals surface area contributed by atoms with Gasteiger partial charge in [-0.3, -0.25) is 4.79 Å². The second-order valence-electron chi connectivity index (χ2n) is 6.25. The first-order chi connectivity index (χ1) is 11.2. The Bertz CT molecular complexity index is 783. The molecular weight excluding hydrogens is 324 g/mol. The summed E-state index contributed by atoms with van der Waals surface area (Å²) in [7, 11) is 0. The van der Waals surface area contributed by atoms with E-state index in [2.05, 4.69) is 11.7 Å². The molecule has 1 heterocycles. The van der Waals surface area contributed by atoms with E-state index in [1.807, 2.05) is 46.8 Å². The zero-order chi connectivity index (χ0) is 18.0. The lowest BCUT2D eigenvalue weighted by molar-refractivity contribution is 0.0818. The highest BCUT2D eigenvalue weighted by Crippen LogP contribution is 2.26. The molecular formula is C19H23ClN2O2. The lowest BCUT2D eigenvalue weighted by Crippen LogP contribution is -2.22. The molecule has 1 aromatic carbocycles. The van der Waals surface area contributed by atoms with Gasteiger partial charge in [0.15, 0.2) is 6.61 Å². The van der Waals surface area contributed by atoms with E-state index >= 15 is 0 Å². The second kappa shape index (κ2) is 7.22. The number of hydrogen-bond donors (Lipinski definition) is 0. The Hall–Kier alpha value is -2.07. The molecule has 4 nitrogen and oxygen atoms in total. The fraction of sp³-hybridized carbons (Fsp3) is 0.368. The Morgan fingerprint density at radius 1 is 1.25 bits per heavy atom. The highest BCUT2D eigenvalue weighted by molar-refractivity contribution is 6.32. The fourth-order valence-electron chi connectivity index (χ4n) is 2.67. The van der Waals surface area contributed by atoms with Crippen LogP contribution in [0.25, 0.3) is 0 Å². The number of benzene rings is 1. The lowest BCUT2D eigenvalue weighted by Gasteiger charge is -2.10. The summed E-state index contributed by atoms with van der Waals surface area (Å²) >= 11 is 6.15. The molecule has 0 N–H and O–H groups in total. The summed E-state index contributed by atoms with van der Waals surface area (Å²) in [4.78, 5) is 12.5. The van der Waals surface area contributed by atoms with Gasteiger partial charge >= 0.3 is 0 Å². The van der Waals surface area contributed by atoms with E-state index in [9.17, 15) is 4.79 Å². The van der Waals surface area contributed by atoms with Gasteiger partial charge in [-0.1, -0.05) is 23.8 Å². The van der Waals surface area contributed by atoms with Crippen LogP contribution in [0.2, 0.25) is 5.02 Å². The summed E-state index contributed by atoms with van der Waals surface area (Å²) in [5.74, 6) is 0.431. The molecule has 0 saturated heterocycles. The van der Waals surface area contributed by atoms with E-state index in [0.717, 1.165) is 45.1 Å². The SMILES string of the molecule is C=C(C)Cc1c(C)nn(C(=O)COc2cc(C)c(Cl)c(C)c2)c1C. The third kappa shape index (κ3) is 3.88. The predicted octanol–water partition coefficient (Wildman–Crippen LogP) is 4.61. The van der Waals surface area contributed by atoms with Gasteiger partial charge in [-0.25, -0.2) is 4.68 Å². The molecule has 5 heteroatoms. The first-order valence-electron chi connectivity index (χ1n) is 7.83. The summed E-state index contributed by atoms with van der Waals surface area (Å²) in [6, 6.07) is 3.66. The van der Waals surface area contributed by atoms with Crippen molar-refractivity contribution in [2.45, 2.75) is 41.0 Å². The summed E-state index contributed by atoms with van der Waals surface area (Å²) in [5, 5.41) is 5.07. The van der Waals surface area contributed by atoms with E-state index in [1.54, 1.807) is 0 Å². The maximum absolute atomic E-state index is 12.5. The van der Waals surface area contributed by atoms with Crippen molar-refractivity contribution < 1.29 is 9.53 Å². The van der Waals surface area contributed by atoms with Crippen molar-refractivity contribution in [1.29, 1.82) is 0 Å². The van der Waals surface area contributed by atoms with Gasteiger partial charge in [0, 0.05) is 16.3 Å². The number of halogens is 1. The quantitative estimate of drug-likeness (QED) is 0.743. The van der Waals surface area contributed by atoms with Crippen molar-refractivity contribution in [2.24, 2.45) is 0 Å². The minimum absolute atomic E-state index is 0.0744. The molecule has 0 aliphatic heterocycles. The zero-order valence-corrected chi connectivity index (χ0v) is 15.6. The molecule has 2 aromatic rings. The number of carbonyl (C=O) groups excluding carboxylic acids is 1. The molecule has 128 valence electrons. The Balaban J connectivity index is 2.15. The smallest absolute Gasteiger partial charge is 0.284 e. The number of aryl methyl sites for hydroxylation is 3. The van der Waals surface area contributed by atoms with Gasteiger partial charge in [0.25, 0.3) is 5.91 Å². The number of hydrogen-bond acceptors (Lipinski definition) is 3. The topological polar surface area (TPSA) is 44.1 Å². The van der Waals surface area contributed by atoms with Crippen LogP contribution in [0.15, 0.2) is 24.3 Å². The van der Waals surface area contributed by atoms with Crippen LogP contribution < -0.4 is 4.74 Å². The first-order valence-corrected chi connectivity index (χ1v) is 8.20. The van der Waals surface area contributed by atoms with E-state index < -0.39 is 0 Å². The summed E-state index contributed by atoms with van der Waals surface area (Å²) in [6.45, 7) is 13.4. The van der Waals surface area contributed by atoms with Crippen molar-refractivity contribution in [3.05, 3.63) is 57.4 Å². The van der Waals surface area contributed by atoms with E-state index in [-0.39, 0.29) is 12.5 Å². The Morgan fingerprint density at radius 3 is 2.38 bits per heavy atom. The molecule has 0 amide bonds. The molecule has 0 atom stereocenters. The van der Waals surface area contributed by atoms with E-state index in [4.69, 9.17) is 16.3 Å². The normalized spacial score (nSPS) is 10.8. The van der Waals surface area contributed by atoms with Crippen molar-refractivity contribution >= 4 is 17.5 Å². The summed E-state index contributed by atoms with van der Waals surface area (Å²) < 4.78 is 7.06. The van der Waals surface area contributed by atoms with Crippen molar-refractivity contribution in [1.82, 2.24) is 9.78 Å². The maximum Gasteiger partial charge on any atom is 0.284 e. The monoisotopic (exact) mass is 346 g/mol. The Morgan fingerprint density at radius 2 is 1.83 bits per heavy atom. The molecule has 0 spiro atoms. The van der Waals surface area contributed by atoms with Gasteiger partial charge < -0.3 is 4.74 Å². The van der Waals surface area contributed by atoms with Gasteiger partial charge in [0.2, 0.25) is 0 Å². The van der Waals surface area contributed by atoms with Gasteiger partial charge in [-0.2, -0.15) is 5.10 Å². The van der Waals surface area contributed by atoms with Crippen LogP contribution >= 0.6 is 11.6 Å². The summed E-state index contributed by atoms with van der Waals surface area (Å²) in [6.07, 6.45) is 0.724. The fourth-order valence-corrected chi connectivity index (χ4v) is 2.78. The molecule has 1 aromatic heterocycles. The van der Waals surface area contributed by atoms with Crippen molar-refractivity contribution in [2.75, 3.05) is 6.61 Å². The Kier molecular flexibility index (Phi) is 5.50. The largest absolute Gasteiger partial charge is 0.484 e. The predicted molar refractivity (Wildman–Crippen MR) is 97.3 cm³/mol. The highest BCUT2D eigenvalue weighted by atomic mass is 35.5. The van der Waals surface area contributed by atoms with Crippen LogP contribution in [0.1, 0.15) is 39.8 Å². The van der Waals surface area contributed by atoms with E-state index in [1.165, 1.54) is 4.68 Å². The van der Waals surface area contributed by atoms with Crippen LogP contribution in [0, 0.1) is 27.7 Å². The third-order valence-electron chi connectivity index (χ3n) is 3.93. The molecule has 0 aliphatic carbocycles. The number of ether oxygens (including phenoxy) is 1. The van der Waals surface area contributed by atoms with E-state index in [0.29, 0.717) is 5.75 Å². The van der Waals surface area contributed by atoms with Gasteiger partial charge in [-0.15, -0.1) is 0 Å². The minimum Gasteiger partial charge on any atom is -0.484 e. The van der Waals surface area contributed by atoms with Gasteiger partial charge in [0.05, 0.1) is 5.69 Å². The first kappa shape index (κ1) is 18.3. The molecule has 0 radical (unpaired) electrons. The second-order valence-corrected chi connectivity index (χ2v) is 6.63. The molecule has 2 rings (SSSR count). The Labute approximate surface area is 148 Å². The number of rotatable bonds is 5. The van der Waals surface area contributed by atoms with Gasteiger partial charge in [0.1, 0.15) is 5.75 Å². The zero-order valence-electron chi connectivity index (χ0n) is 14.9. The lowest BCUT2D eigenvalue weighted by atomic mass is 10.1. The minimum atomic E-state index is -0.200. The van der Waals surface area contributed by atoms with Crippen molar-refractivity contribution in [3.8, 4) is 5.75 Å². The molecule has 0 bridgehead atoms. The molecule has 0 saturated carbocycles. The average molecular weight is 347 g/mol. The number of aromatic nitrogens is 2. The van der Waals surface area contributed by atoms with Crippen LogP contribution in [0.3, 0.4) is 0 Å². The van der Waals surface area contributed by atoms with Gasteiger partial charge in [-0.05, 0) is 64.3 Å². The third-order valence-corrected chi connectivity index (χ3v) is 4.52. The average Bonchev–Trinajstić information content (AvgIpc) is 2.77. The molecule has 0 aliphatic rings. The standard InChI is InChI=1S/C19H23ClN2O2/c1-11(2)7-17-14(5)21-22(15(17)6)18(23)10-24-16-8-12(3)19(20)13(4)9-16/h8-9H,1,7,10H2,2-6H3. The van der Waals surface area contributed by atoms with Crippen LogP contribution in [-0.2, 0) is 6.42 Å². The number of nitrogens with zero attached hydrogens (tertiary/aromatic N) is 2.